The topological polar surface area (TPSA) is 122 Å². The molecular weight excluding hydrogens is 326 g/mol. The average molecular weight is 343 g/mol. The predicted octanol–water partition coefficient (Wildman–Crippen LogP) is 1.77. The average Bonchev–Trinajstić information content (AvgIpc) is 2.62. The maximum atomic E-state index is 11.8. The van der Waals surface area contributed by atoms with Crippen molar-refractivity contribution >= 4 is 23.2 Å². The minimum absolute atomic E-state index is 0.0584. The van der Waals surface area contributed by atoms with Gasteiger partial charge in [0.2, 0.25) is 0 Å². The third kappa shape index (κ3) is 5.11. The van der Waals surface area contributed by atoms with Gasteiger partial charge in [0.25, 0.3) is 5.69 Å². The number of nitro benzene ring substituents is 1. The second-order valence-electron chi connectivity index (χ2n) is 5.20. The van der Waals surface area contributed by atoms with Gasteiger partial charge in [0.1, 0.15) is 5.69 Å². The number of nitrogens with one attached hydrogen (secondary N) is 2. The Bertz CT molecular complexity index is 764. The molecule has 0 saturated carbocycles. The summed E-state index contributed by atoms with van der Waals surface area (Å²) in [5.74, 6) is -1.94. The zero-order valence-electron chi connectivity index (χ0n) is 13.2. The van der Waals surface area contributed by atoms with Crippen molar-refractivity contribution in [2.75, 3.05) is 11.9 Å². The van der Waals surface area contributed by atoms with Gasteiger partial charge in [-0.25, -0.2) is 0 Å². The Kier molecular flexibility index (Phi) is 6.19. The van der Waals surface area contributed by atoms with Crippen molar-refractivity contribution in [1.82, 2.24) is 5.32 Å². The van der Waals surface area contributed by atoms with Crippen molar-refractivity contribution in [1.29, 1.82) is 0 Å². The van der Waals surface area contributed by atoms with Crippen LogP contribution in [0.4, 0.5) is 11.4 Å². The van der Waals surface area contributed by atoms with Gasteiger partial charge in [0, 0.05) is 12.6 Å². The van der Waals surface area contributed by atoms with Crippen LogP contribution < -0.4 is 10.6 Å². The molecule has 25 heavy (non-hydrogen) atoms. The Morgan fingerprint density at radius 2 is 1.68 bits per heavy atom. The highest BCUT2D eigenvalue weighted by atomic mass is 16.6. The molecule has 2 aromatic rings. The maximum Gasteiger partial charge on any atom is 0.313 e. The molecule has 8 heteroatoms. The molecule has 0 aromatic heterocycles. The van der Waals surface area contributed by atoms with E-state index in [2.05, 4.69) is 10.6 Å². The minimum Gasteiger partial charge on any atom is -0.388 e. The number of carbonyl (C=O) groups is 2. The molecule has 0 fully saturated rings. The van der Waals surface area contributed by atoms with Crippen LogP contribution >= 0.6 is 0 Å². The fourth-order valence-electron chi connectivity index (χ4n) is 2.16. The smallest absolute Gasteiger partial charge is 0.313 e. The molecule has 0 bridgehead atoms. The molecule has 2 amide bonds. The SMILES string of the molecule is O=C(NCCC(O)c1ccccc1)C(=O)Nc1ccccc1[N+](=O)[O-]. The van der Waals surface area contributed by atoms with Gasteiger partial charge in [-0.15, -0.1) is 0 Å². The van der Waals surface area contributed by atoms with E-state index in [0.29, 0.717) is 5.56 Å². The molecule has 0 aliphatic rings. The molecule has 0 spiro atoms. The molecule has 0 aliphatic heterocycles. The molecule has 130 valence electrons. The second-order valence-corrected chi connectivity index (χ2v) is 5.20. The van der Waals surface area contributed by atoms with E-state index >= 15 is 0 Å². The van der Waals surface area contributed by atoms with Crippen LogP contribution in [-0.2, 0) is 9.59 Å². The van der Waals surface area contributed by atoms with Gasteiger partial charge in [-0.05, 0) is 18.1 Å². The largest absolute Gasteiger partial charge is 0.388 e. The van der Waals surface area contributed by atoms with E-state index in [9.17, 15) is 24.8 Å². The van der Waals surface area contributed by atoms with Crippen LogP contribution in [-0.4, -0.2) is 28.4 Å². The lowest BCUT2D eigenvalue weighted by atomic mass is 10.1. The summed E-state index contributed by atoms with van der Waals surface area (Å²) in [5, 5.41) is 25.4. The van der Waals surface area contributed by atoms with Crippen molar-refractivity contribution in [2.45, 2.75) is 12.5 Å². The number of amides is 2. The summed E-state index contributed by atoms with van der Waals surface area (Å²) in [6.45, 7) is 0.0825. The van der Waals surface area contributed by atoms with Crippen molar-refractivity contribution in [2.24, 2.45) is 0 Å². The lowest BCUT2D eigenvalue weighted by Gasteiger charge is -2.11. The molecule has 0 heterocycles. The van der Waals surface area contributed by atoms with Crippen LogP contribution in [0.15, 0.2) is 54.6 Å². The Hall–Kier alpha value is -3.26. The van der Waals surface area contributed by atoms with Crippen molar-refractivity contribution in [3.8, 4) is 0 Å². The second kappa shape index (κ2) is 8.55. The van der Waals surface area contributed by atoms with E-state index in [1.807, 2.05) is 6.07 Å². The number of benzene rings is 2. The molecular formula is C17H17N3O5. The third-order valence-corrected chi connectivity index (χ3v) is 3.44. The Morgan fingerprint density at radius 3 is 2.36 bits per heavy atom. The molecule has 3 N–H and O–H groups in total. The van der Waals surface area contributed by atoms with E-state index in [4.69, 9.17) is 0 Å². The number of carbonyl (C=O) groups excluding carboxylic acids is 2. The Morgan fingerprint density at radius 1 is 1.04 bits per heavy atom. The molecule has 0 saturated heterocycles. The fraction of sp³-hybridized carbons (Fsp3) is 0.176. The zero-order valence-corrected chi connectivity index (χ0v) is 13.2. The maximum absolute atomic E-state index is 11.8. The first-order chi connectivity index (χ1) is 12.0. The van der Waals surface area contributed by atoms with Crippen LogP contribution in [0.2, 0.25) is 0 Å². The van der Waals surface area contributed by atoms with Crippen molar-refractivity contribution in [3.63, 3.8) is 0 Å². The van der Waals surface area contributed by atoms with Crippen molar-refractivity contribution in [3.05, 3.63) is 70.3 Å². The van der Waals surface area contributed by atoms with Gasteiger partial charge in [-0.1, -0.05) is 42.5 Å². The van der Waals surface area contributed by atoms with Gasteiger partial charge >= 0.3 is 11.8 Å². The van der Waals surface area contributed by atoms with Crippen LogP contribution in [0.3, 0.4) is 0 Å². The summed E-state index contributed by atoms with van der Waals surface area (Å²) in [7, 11) is 0. The highest BCUT2D eigenvalue weighted by Gasteiger charge is 2.19. The van der Waals surface area contributed by atoms with Gasteiger partial charge in [0.05, 0.1) is 11.0 Å². The molecule has 0 aliphatic carbocycles. The standard InChI is InChI=1S/C17H17N3O5/c21-15(12-6-2-1-3-7-12)10-11-18-16(22)17(23)19-13-8-4-5-9-14(13)20(24)25/h1-9,15,21H,10-11H2,(H,18,22)(H,19,23). The van der Waals surface area contributed by atoms with Crippen LogP contribution in [0.1, 0.15) is 18.1 Å². The van der Waals surface area contributed by atoms with Crippen LogP contribution in [0.5, 0.6) is 0 Å². The predicted molar refractivity (Wildman–Crippen MR) is 90.8 cm³/mol. The monoisotopic (exact) mass is 343 g/mol. The van der Waals surface area contributed by atoms with Gasteiger partial charge in [-0.3, -0.25) is 19.7 Å². The zero-order chi connectivity index (χ0) is 18.2. The lowest BCUT2D eigenvalue weighted by molar-refractivity contribution is -0.383. The molecule has 8 nitrogen and oxygen atoms in total. The minimum atomic E-state index is -1.01. The van der Waals surface area contributed by atoms with Gasteiger partial charge in [0.15, 0.2) is 0 Å². The van der Waals surface area contributed by atoms with Gasteiger partial charge in [-0.2, -0.15) is 0 Å². The molecule has 2 aromatic carbocycles. The number of aliphatic hydroxyl groups excluding tert-OH is 1. The summed E-state index contributed by atoms with van der Waals surface area (Å²) in [4.78, 5) is 33.8. The van der Waals surface area contributed by atoms with E-state index in [1.165, 1.54) is 24.3 Å². The summed E-state index contributed by atoms with van der Waals surface area (Å²) < 4.78 is 0. The number of anilines is 1. The highest BCUT2D eigenvalue weighted by Crippen LogP contribution is 2.22. The number of para-hydroxylation sites is 2. The first-order valence-electron chi connectivity index (χ1n) is 7.54. The first kappa shape index (κ1) is 18.1. The van der Waals surface area contributed by atoms with Gasteiger partial charge < -0.3 is 15.7 Å². The van der Waals surface area contributed by atoms with Crippen LogP contribution in [0, 0.1) is 10.1 Å². The summed E-state index contributed by atoms with van der Waals surface area (Å²) in [5.41, 5.74) is 0.348. The number of nitro groups is 1. The fourth-order valence-corrected chi connectivity index (χ4v) is 2.16. The number of nitrogens with zero attached hydrogens (tertiary/aromatic N) is 1. The number of hydrogen-bond acceptors (Lipinski definition) is 5. The summed E-state index contributed by atoms with van der Waals surface area (Å²) in [6.07, 6.45) is -0.533. The Labute approximate surface area is 143 Å². The number of aliphatic hydroxyl groups is 1. The van der Waals surface area contributed by atoms with Crippen molar-refractivity contribution < 1.29 is 19.6 Å². The first-order valence-corrected chi connectivity index (χ1v) is 7.54. The van der Waals surface area contributed by atoms with E-state index < -0.39 is 22.8 Å². The third-order valence-electron chi connectivity index (χ3n) is 3.44. The molecule has 1 atom stereocenters. The van der Waals surface area contributed by atoms with E-state index in [-0.39, 0.29) is 24.3 Å². The van der Waals surface area contributed by atoms with E-state index in [0.717, 1.165) is 0 Å². The summed E-state index contributed by atoms with van der Waals surface area (Å²) in [6, 6.07) is 14.4. The number of hydrogen-bond donors (Lipinski definition) is 3. The highest BCUT2D eigenvalue weighted by molar-refractivity contribution is 6.39. The quantitative estimate of drug-likeness (QED) is 0.419. The molecule has 2 rings (SSSR count). The molecule has 0 radical (unpaired) electrons. The Balaban J connectivity index is 1.85. The van der Waals surface area contributed by atoms with E-state index in [1.54, 1.807) is 24.3 Å². The number of rotatable bonds is 6. The molecule has 1 unspecified atom stereocenters. The lowest BCUT2D eigenvalue weighted by Crippen LogP contribution is -2.36. The normalized spacial score (nSPS) is 11.4. The van der Waals surface area contributed by atoms with Crippen LogP contribution in [0.25, 0.3) is 0 Å². The summed E-state index contributed by atoms with van der Waals surface area (Å²) >= 11 is 0.